The van der Waals surface area contributed by atoms with E-state index in [0.717, 1.165) is 26.2 Å². The van der Waals surface area contributed by atoms with Gasteiger partial charge in [-0.05, 0) is 31.2 Å². The molecular weight excluding hydrogens is 262 g/mol. The molecule has 0 aliphatic carbocycles. The summed E-state index contributed by atoms with van der Waals surface area (Å²) in [4.78, 5) is 7.02. The van der Waals surface area contributed by atoms with Crippen molar-refractivity contribution < 1.29 is 5.11 Å². The molecule has 0 aromatic heterocycles. The molecule has 0 bridgehead atoms. The number of anilines is 1. The molecule has 1 N–H and O–H groups in total. The summed E-state index contributed by atoms with van der Waals surface area (Å²) in [6.07, 6.45) is 0. The largest absolute Gasteiger partial charge is 0.394 e. The molecule has 2 rings (SSSR count). The number of benzene rings is 1. The lowest BCUT2D eigenvalue weighted by atomic mass is 10.0. The van der Waals surface area contributed by atoms with Crippen LogP contribution in [0.5, 0.6) is 0 Å². The highest BCUT2D eigenvalue weighted by Gasteiger charge is 2.29. The molecule has 1 fully saturated rings. The standard InChI is InChI=1S/C17H29N3O/c1-5-19-10-11-20(14(2)12-19)17(13-21)15-6-8-16(9-7-15)18(3)4/h6-9,14,17,21H,5,10-13H2,1-4H3. The predicted octanol–water partition coefficient (Wildman–Crippen LogP) is 1.81. The number of aliphatic hydroxyl groups excluding tert-OH is 1. The molecule has 1 aromatic rings. The van der Waals surface area contributed by atoms with Crippen LogP contribution in [0.4, 0.5) is 5.69 Å². The van der Waals surface area contributed by atoms with Crippen molar-refractivity contribution in [3.05, 3.63) is 29.8 Å². The molecule has 1 aliphatic rings. The first-order valence-corrected chi connectivity index (χ1v) is 7.93. The van der Waals surface area contributed by atoms with Gasteiger partial charge in [0.2, 0.25) is 0 Å². The number of likely N-dealkylation sites (N-methyl/N-ethyl adjacent to an activating group) is 1. The van der Waals surface area contributed by atoms with Crippen LogP contribution in [0.1, 0.15) is 25.5 Å². The number of aliphatic hydroxyl groups is 1. The van der Waals surface area contributed by atoms with Crippen LogP contribution in [0.25, 0.3) is 0 Å². The van der Waals surface area contributed by atoms with Crippen LogP contribution in [0.2, 0.25) is 0 Å². The Hall–Kier alpha value is -1.10. The van der Waals surface area contributed by atoms with Crippen LogP contribution in [-0.2, 0) is 0 Å². The topological polar surface area (TPSA) is 30.0 Å². The van der Waals surface area contributed by atoms with Crippen LogP contribution in [0, 0.1) is 0 Å². The van der Waals surface area contributed by atoms with Gasteiger partial charge >= 0.3 is 0 Å². The fourth-order valence-corrected chi connectivity index (χ4v) is 3.19. The van der Waals surface area contributed by atoms with Gasteiger partial charge in [0.1, 0.15) is 0 Å². The highest BCUT2D eigenvalue weighted by Crippen LogP contribution is 2.26. The Morgan fingerprint density at radius 1 is 1.24 bits per heavy atom. The van der Waals surface area contributed by atoms with Gasteiger partial charge in [0.15, 0.2) is 0 Å². The monoisotopic (exact) mass is 291 g/mol. The van der Waals surface area contributed by atoms with E-state index in [1.54, 1.807) is 0 Å². The number of piperazine rings is 1. The second-order valence-electron chi connectivity index (χ2n) is 6.16. The quantitative estimate of drug-likeness (QED) is 0.896. The Bertz CT molecular complexity index is 432. The van der Waals surface area contributed by atoms with Crippen molar-refractivity contribution in [1.82, 2.24) is 9.80 Å². The second-order valence-corrected chi connectivity index (χ2v) is 6.16. The first kappa shape index (κ1) is 16.3. The second kappa shape index (κ2) is 7.25. The summed E-state index contributed by atoms with van der Waals surface area (Å²) in [5, 5.41) is 9.89. The molecule has 0 radical (unpaired) electrons. The summed E-state index contributed by atoms with van der Waals surface area (Å²) in [6.45, 7) is 8.97. The molecular formula is C17H29N3O. The molecule has 0 saturated carbocycles. The van der Waals surface area contributed by atoms with Gasteiger partial charge in [0.05, 0.1) is 12.6 Å². The van der Waals surface area contributed by atoms with Crippen molar-refractivity contribution >= 4 is 5.69 Å². The van der Waals surface area contributed by atoms with Crippen LogP contribution in [0.15, 0.2) is 24.3 Å². The zero-order valence-corrected chi connectivity index (χ0v) is 13.8. The van der Waals surface area contributed by atoms with Crippen LogP contribution in [0.3, 0.4) is 0 Å². The van der Waals surface area contributed by atoms with E-state index in [-0.39, 0.29) is 12.6 Å². The lowest BCUT2D eigenvalue weighted by Crippen LogP contribution is -2.53. The van der Waals surface area contributed by atoms with Gasteiger partial charge in [0.25, 0.3) is 0 Å². The molecule has 1 aromatic carbocycles. The van der Waals surface area contributed by atoms with E-state index in [9.17, 15) is 5.11 Å². The highest BCUT2D eigenvalue weighted by molar-refractivity contribution is 5.46. The molecule has 1 aliphatic heterocycles. The molecule has 118 valence electrons. The lowest BCUT2D eigenvalue weighted by molar-refractivity contribution is 0.0271. The first-order valence-electron chi connectivity index (χ1n) is 7.93. The van der Waals surface area contributed by atoms with E-state index in [1.807, 2.05) is 14.1 Å². The summed E-state index contributed by atoms with van der Waals surface area (Å²) >= 11 is 0. The van der Waals surface area contributed by atoms with Gasteiger partial charge in [0, 0.05) is 45.5 Å². The number of hydrogen-bond acceptors (Lipinski definition) is 4. The number of hydrogen-bond donors (Lipinski definition) is 1. The maximum Gasteiger partial charge on any atom is 0.0628 e. The first-order chi connectivity index (χ1) is 10.1. The molecule has 1 saturated heterocycles. The minimum atomic E-state index is 0.107. The number of nitrogens with zero attached hydrogens (tertiary/aromatic N) is 3. The van der Waals surface area contributed by atoms with Crippen molar-refractivity contribution in [3.8, 4) is 0 Å². The molecule has 1 heterocycles. The van der Waals surface area contributed by atoms with E-state index < -0.39 is 0 Å². The maximum atomic E-state index is 9.89. The summed E-state index contributed by atoms with van der Waals surface area (Å²) in [6, 6.07) is 9.14. The predicted molar refractivity (Wildman–Crippen MR) is 88.9 cm³/mol. The average Bonchev–Trinajstić information content (AvgIpc) is 2.50. The molecule has 4 nitrogen and oxygen atoms in total. The number of rotatable bonds is 5. The van der Waals surface area contributed by atoms with Crippen LogP contribution in [-0.4, -0.2) is 67.8 Å². The minimum absolute atomic E-state index is 0.107. The normalized spacial score (nSPS) is 22.2. The highest BCUT2D eigenvalue weighted by atomic mass is 16.3. The van der Waals surface area contributed by atoms with Crippen molar-refractivity contribution in [2.75, 3.05) is 51.8 Å². The lowest BCUT2D eigenvalue weighted by Gasteiger charge is -2.43. The van der Waals surface area contributed by atoms with E-state index in [1.165, 1.54) is 11.3 Å². The maximum absolute atomic E-state index is 9.89. The van der Waals surface area contributed by atoms with Gasteiger partial charge in [-0.3, -0.25) is 4.90 Å². The van der Waals surface area contributed by atoms with Gasteiger partial charge < -0.3 is 14.9 Å². The Morgan fingerprint density at radius 2 is 1.90 bits per heavy atom. The molecule has 21 heavy (non-hydrogen) atoms. The van der Waals surface area contributed by atoms with Gasteiger partial charge in [-0.25, -0.2) is 0 Å². The average molecular weight is 291 g/mol. The summed E-state index contributed by atoms with van der Waals surface area (Å²) in [7, 11) is 4.09. The zero-order valence-electron chi connectivity index (χ0n) is 13.8. The van der Waals surface area contributed by atoms with Gasteiger partial charge in [-0.1, -0.05) is 19.1 Å². The third kappa shape index (κ3) is 3.76. The molecule has 2 atom stereocenters. The van der Waals surface area contributed by atoms with Crippen molar-refractivity contribution in [1.29, 1.82) is 0 Å². The van der Waals surface area contributed by atoms with E-state index in [0.29, 0.717) is 6.04 Å². The van der Waals surface area contributed by atoms with Gasteiger partial charge in [-0.2, -0.15) is 0 Å². The van der Waals surface area contributed by atoms with Crippen molar-refractivity contribution in [2.24, 2.45) is 0 Å². The molecule has 2 unspecified atom stereocenters. The SMILES string of the molecule is CCN1CCN(C(CO)c2ccc(N(C)C)cc2)C(C)C1. The van der Waals surface area contributed by atoms with E-state index in [2.05, 4.69) is 52.8 Å². The van der Waals surface area contributed by atoms with Crippen molar-refractivity contribution in [3.63, 3.8) is 0 Å². The third-order valence-corrected chi connectivity index (χ3v) is 4.58. The Kier molecular flexibility index (Phi) is 5.62. The molecule has 0 amide bonds. The smallest absolute Gasteiger partial charge is 0.0628 e. The van der Waals surface area contributed by atoms with Gasteiger partial charge in [-0.15, -0.1) is 0 Å². The fourth-order valence-electron chi connectivity index (χ4n) is 3.19. The Labute approximate surface area is 129 Å². The van der Waals surface area contributed by atoms with Crippen LogP contribution < -0.4 is 4.90 Å². The van der Waals surface area contributed by atoms with E-state index in [4.69, 9.17) is 0 Å². The zero-order chi connectivity index (χ0) is 15.4. The Morgan fingerprint density at radius 3 is 2.38 bits per heavy atom. The summed E-state index contributed by atoms with van der Waals surface area (Å²) in [5.41, 5.74) is 2.40. The van der Waals surface area contributed by atoms with E-state index >= 15 is 0 Å². The summed E-state index contributed by atoms with van der Waals surface area (Å²) in [5.74, 6) is 0. The summed E-state index contributed by atoms with van der Waals surface area (Å²) < 4.78 is 0. The fraction of sp³-hybridized carbons (Fsp3) is 0.647. The Balaban J connectivity index is 2.12. The van der Waals surface area contributed by atoms with Crippen LogP contribution >= 0.6 is 0 Å². The van der Waals surface area contributed by atoms with Crippen molar-refractivity contribution in [2.45, 2.75) is 25.9 Å². The third-order valence-electron chi connectivity index (χ3n) is 4.58. The molecule has 4 heteroatoms. The molecule has 0 spiro atoms. The minimum Gasteiger partial charge on any atom is -0.394 e.